The summed E-state index contributed by atoms with van der Waals surface area (Å²) in [7, 11) is -3.56. The third-order valence-electron chi connectivity index (χ3n) is 5.55. The standard InChI is InChI=1S/C21H19Cl2N3O5S/c1-12(26-20(28)15-10-17(22)18(23)11-16(15)21(26)29)19(27)24-13-4-6-14(7-5-13)32(30,31)25-8-2-3-9-25/h4-7,10-12H,2-3,8-9H2,1H3,(H,24,27)/t12-/m0/s1. The number of halogens is 2. The lowest BCUT2D eigenvalue weighted by Crippen LogP contribution is -2.45. The molecule has 2 aromatic rings. The Balaban J connectivity index is 1.48. The van der Waals surface area contributed by atoms with E-state index in [0.717, 1.165) is 17.7 Å². The van der Waals surface area contributed by atoms with E-state index in [2.05, 4.69) is 5.32 Å². The zero-order valence-electron chi connectivity index (χ0n) is 17.0. The average Bonchev–Trinajstić information content (AvgIpc) is 3.38. The summed E-state index contributed by atoms with van der Waals surface area (Å²) in [5.74, 6) is -1.89. The number of anilines is 1. The van der Waals surface area contributed by atoms with E-state index < -0.39 is 33.8 Å². The molecule has 4 rings (SSSR count). The molecule has 0 saturated carbocycles. The van der Waals surface area contributed by atoms with Crippen LogP contribution in [0.3, 0.4) is 0 Å². The Bertz CT molecular complexity index is 1180. The van der Waals surface area contributed by atoms with Gasteiger partial charge in [0.25, 0.3) is 11.8 Å². The van der Waals surface area contributed by atoms with Crippen LogP contribution in [0.15, 0.2) is 41.3 Å². The number of carbonyl (C=O) groups is 3. The van der Waals surface area contributed by atoms with Gasteiger partial charge in [-0.15, -0.1) is 0 Å². The molecule has 0 radical (unpaired) electrons. The smallest absolute Gasteiger partial charge is 0.262 e. The second-order valence-corrected chi connectivity index (χ2v) is 10.3. The molecule has 1 atom stereocenters. The number of carbonyl (C=O) groups excluding carboxylic acids is 3. The number of hydrogen-bond donors (Lipinski definition) is 1. The van der Waals surface area contributed by atoms with Crippen molar-refractivity contribution in [1.82, 2.24) is 9.21 Å². The first-order chi connectivity index (χ1) is 15.1. The van der Waals surface area contributed by atoms with E-state index in [1.54, 1.807) is 0 Å². The highest BCUT2D eigenvalue weighted by Gasteiger charge is 2.41. The fraction of sp³-hybridized carbons (Fsp3) is 0.286. The van der Waals surface area contributed by atoms with Crippen LogP contribution < -0.4 is 5.32 Å². The van der Waals surface area contributed by atoms with Gasteiger partial charge in [-0.1, -0.05) is 23.2 Å². The van der Waals surface area contributed by atoms with Gasteiger partial charge in [0.2, 0.25) is 15.9 Å². The van der Waals surface area contributed by atoms with Crippen molar-refractivity contribution in [3.05, 3.63) is 57.6 Å². The Morgan fingerprint density at radius 3 is 1.97 bits per heavy atom. The van der Waals surface area contributed by atoms with Crippen molar-refractivity contribution in [1.29, 1.82) is 0 Å². The van der Waals surface area contributed by atoms with E-state index >= 15 is 0 Å². The van der Waals surface area contributed by atoms with Crippen molar-refractivity contribution < 1.29 is 22.8 Å². The Morgan fingerprint density at radius 1 is 0.969 bits per heavy atom. The number of nitrogens with zero attached hydrogens (tertiary/aromatic N) is 2. The molecule has 0 aromatic heterocycles. The van der Waals surface area contributed by atoms with Gasteiger partial charge >= 0.3 is 0 Å². The SMILES string of the molecule is C[C@@H](C(=O)Nc1ccc(S(=O)(=O)N2CCCC2)cc1)N1C(=O)c2cc(Cl)c(Cl)cc2C1=O. The maximum Gasteiger partial charge on any atom is 0.262 e. The third-order valence-corrected chi connectivity index (χ3v) is 8.19. The van der Waals surface area contributed by atoms with Crippen molar-refractivity contribution >= 4 is 56.6 Å². The van der Waals surface area contributed by atoms with E-state index in [0.29, 0.717) is 18.8 Å². The van der Waals surface area contributed by atoms with Gasteiger partial charge < -0.3 is 5.32 Å². The van der Waals surface area contributed by atoms with E-state index in [9.17, 15) is 22.8 Å². The normalized spacial score (nSPS) is 17.5. The molecule has 32 heavy (non-hydrogen) atoms. The van der Waals surface area contributed by atoms with E-state index in [-0.39, 0.29) is 26.1 Å². The summed E-state index contributed by atoms with van der Waals surface area (Å²) in [4.78, 5) is 39.1. The molecule has 0 aliphatic carbocycles. The van der Waals surface area contributed by atoms with Crippen LogP contribution in [0, 0.1) is 0 Å². The maximum atomic E-state index is 12.7. The molecule has 1 saturated heterocycles. The minimum Gasteiger partial charge on any atom is -0.324 e. The number of rotatable bonds is 5. The van der Waals surface area contributed by atoms with Crippen LogP contribution in [0.4, 0.5) is 5.69 Å². The lowest BCUT2D eigenvalue weighted by molar-refractivity contribution is -0.119. The molecule has 3 amide bonds. The monoisotopic (exact) mass is 495 g/mol. The highest BCUT2D eigenvalue weighted by molar-refractivity contribution is 7.89. The summed E-state index contributed by atoms with van der Waals surface area (Å²) in [5, 5.41) is 2.88. The minimum absolute atomic E-state index is 0.0838. The minimum atomic E-state index is -3.56. The van der Waals surface area contributed by atoms with E-state index in [4.69, 9.17) is 23.2 Å². The molecule has 2 aliphatic heterocycles. The van der Waals surface area contributed by atoms with Crippen molar-refractivity contribution in [2.24, 2.45) is 0 Å². The summed E-state index contributed by atoms with van der Waals surface area (Å²) < 4.78 is 26.7. The van der Waals surface area contributed by atoms with Gasteiger partial charge in [0.05, 0.1) is 26.1 Å². The molecule has 8 nitrogen and oxygen atoms in total. The van der Waals surface area contributed by atoms with Gasteiger partial charge in [-0.3, -0.25) is 19.3 Å². The van der Waals surface area contributed by atoms with Gasteiger partial charge in [-0.25, -0.2) is 8.42 Å². The number of fused-ring (bicyclic) bond motifs is 1. The summed E-state index contributed by atoms with van der Waals surface area (Å²) in [5.41, 5.74) is 0.506. The third kappa shape index (κ3) is 3.90. The van der Waals surface area contributed by atoms with Gasteiger partial charge in [0.1, 0.15) is 6.04 Å². The second kappa shape index (κ2) is 8.47. The summed E-state index contributed by atoms with van der Waals surface area (Å²) in [6, 6.07) is 7.27. The summed E-state index contributed by atoms with van der Waals surface area (Å²) in [6.45, 7) is 2.41. The first-order valence-corrected chi connectivity index (χ1v) is 12.1. The number of benzene rings is 2. The topological polar surface area (TPSA) is 104 Å². The van der Waals surface area contributed by atoms with Gasteiger partial charge in [-0.2, -0.15) is 4.31 Å². The Hall–Kier alpha value is -2.46. The Labute approximate surface area is 195 Å². The number of nitrogens with one attached hydrogen (secondary N) is 1. The quantitative estimate of drug-likeness (QED) is 0.640. The zero-order valence-corrected chi connectivity index (χ0v) is 19.3. The van der Waals surface area contributed by atoms with Crippen LogP contribution in [0.25, 0.3) is 0 Å². The van der Waals surface area contributed by atoms with Crippen LogP contribution in [0.5, 0.6) is 0 Å². The van der Waals surface area contributed by atoms with Crippen molar-refractivity contribution in [3.63, 3.8) is 0 Å². The molecule has 2 heterocycles. The molecule has 2 aliphatic rings. The van der Waals surface area contributed by atoms with Crippen LogP contribution in [-0.2, 0) is 14.8 Å². The molecule has 1 N–H and O–H groups in total. The lowest BCUT2D eigenvalue weighted by atomic mass is 10.1. The summed E-state index contributed by atoms with van der Waals surface area (Å²) >= 11 is 11.9. The van der Waals surface area contributed by atoms with Crippen LogP contribution in [-0.4, -0.2) is 54.5 Å². The first-order valence-electron chi connectivity index (χ1n) is 9.89. The molecule has 1 fully saturated rings. The molecular weight excluding hydrogens is 477 g/mol. The van der Waals surface area contributed by atoms with Gasteiger partial charge in [-0.05, 0) is 56.2 Å². The van der Waals surface area contributed by atoms with Crippen molar-refractivity contribution in [2.45, 2.75) is 30.7 Å². The molecule has 0 spiro atoms. The maximum absolute atomic E-state index is 12.7. The molecule has 2 aromatic carbocycles. The number of hydrogen-bond acceptors (Lipinski definition) is 5. The molecule has 168 valence electrons. The predicted molar refractivity (Wildman–Crippen MR) is 119 cm³/mol. The highest BCUT2D eigenvalue weighted by atomic mass is 35.5. The van der Waals surface area contributed by atoms with Crippen LogP contribution >= 0.6 is 23.2 Å². The number of imide groups is 1. The Kier molecular flexibility index (Phi) is 6.02. The number of sulfonamides is 1. The van der Waals surface area contributed by atoms with Gasteiger partial charge in [0, 0.05) is 18.8 Å². The fourth-order valence-electron chi connectivity index (χ4n) is 3.76. The summed E-state index contributed by atoms with van der Waals surface area (Å²) in [6.07, 6.45) is 1.67. The molecule has 11 heteroatoms. The fourth-order valence-corrected chi connectivity index (χ4v) is 5.60. The second-order valence-electron chi connectivity index (χ2n) is 7.59. The lowest BCUT2D eigenvalue weighted by Gasteiger charge is -2.22. The van der Waals surface area contributed by atoms with Crippen LogP contribution in [0.1, 0.15) is 40.5 Å². The van der Waals surface area contributed by atoms with Gasteiger partial charge in [0.15, 0.2) is 0 Å². The highest BCUT2D eigenvalue weighted by Crippen LogP contribution is 2.32. The zero-order chi connectivity index (χ0) is 23.2. The molecule has 0 unspecified atom stereocenters. The molecular formula is C21H19Cl2N3O5S. The van der Waals surface area contributed by atoms with Crippen molar-refractivity contribution in [3.8, 4) is 0 Å². The molecule has 0 bridgehead atoms. The Morgan fingerprint density at radius 2 is 1.47 bits per heavy atom. The first kappa shape index (κ1) is 22.7. The van der Waals surface area contributed by atoms with Crippen molar-refractivity contribution in [2.75, 3.05) is 18.4 Å². The van der Waals surface area contributed by atoms with Crippen LogP contribution in [0.2, 0.25) is 10.0 Å². The largest absolute Gasteiger partial charge is 0.324 e. The predicted octanol–water partition coefficient (Wildman–Crippen LogP) is 3.40. The average molecular weight is 496 g/mol. The number of amides is 3. The van der Waals surface area contributed by atoms with E-state index in [1.807, 2.05) is 0 Å². The van der Waals surface area contributed by atoms with E-state index in [1.165, 1.54) is 47.6 Å².